The molecule has 0 rings (SSSR count). The fourth-order valence-corrected chi connectivity index (χ4v) is 0.898. The van der Waals surface area contributed by atoms with Crippen LogP contribution in [0.1, 0.15) is 27.7 Å². The average molecular weight is 218 g/mol. The van der Waals surface area contributed by atoms with E-state index in [1.165, 1.54) is 0 Å². The number of carbonyl (C=O) groups is 1. The SMILES string of the molecule is CC(CO)(CO)NC(=O)[C@@H](N)C(C)(C)C. The van der Waals surface area contributed by atoms with Gasteiger partial charge in [0.05, 0.1) is 24.8 Å². The Hall–Kier alpha value is -0.650. The van der Waals surface area contributed by atoms with Gasteiger partial charge in [-0.1, -0.05) is 20.8 Å². The van der Waals surface area contributed by atoms with Crippen molar-refractivity contribution in [3.05, 3.63) is 0 Å². The lowest BCUT2D eigenvalue weighted by atomic mass is 9.86. The van der Waals surface area contributed by atoms with Crippen molar-refractivity contribution < 1.29 is 15.0 Å². The second-order valence-corrected chi connectivity index (χ2v) is 5.21. The highest BCUT2D eigenvalue weighted by molar-refractivity contribution is 5.83. The summed E-state index contributed by atoms with van der Waals surface area (Å²) in [5.41, 5.74) is 4.37. The van der Waals surface area contributed by atoms with Crippen LogP contribution in [0.15, 0.2) is 0 Å². The van der Waals surface area contributed by atoms with Crippen molar-refractivity contribution in [2.75, 3.05) is 13.2 Å². The summed E-state index contributed by atoms with van der Waals surface area (Å²) in [6.07, 6.45) is 0. The highest BCUT2D eigenvalue weighted by atomic mass is 16.3. The molecule has 90 valence electrons. The quantitative estimate of drug-likeness (QED) is 0.498. The zero-order chi connectivity index (χ0) is 12.3. The Morgan fingerprint density at radius 1 is 1.27 bits per heavy atom. The normalized spacial score (nSPS) is 14.9. The van der Waals surface area contributed by atoms with Crippen LogP contribution in [-0.2, 0) is 4.79 Å². The van der Waals surface area contributed by atoms with E-state index >= 15 is 0 Å². The molecule has 0 aliphatic carbocycles. The van der Waals surface area contributed by atoms with E-state index in [2.05, 4.69) is 5.32 Å². The van der Waals surface area contributed by atoms with E-state index in [9.17, 15) is 4.79 Å². The number of carbonyl (C=O) groups excluding carboxylic acids is 1. The van der Waals surface area contributed by atoms with Gasteiger partial charge in [0, 0.05) is 0 Å². The molecule has 1 amide bonds. The molecule has 0 heterocycles. The van der Waals surface area contributed by atoms with E-state index in [0.717, 1.165) is 0 Å². The molecule has 0 bridgehead atoms. The van der Waals surface area contributed by atoms with E-state index in [0.29, 0.717) is 0 Å². The van der Waals surface area contributed by atoms with Gasteiger partial charge in [-0.2, -0.15) is 0 Å². The molecular formula is C10H22N2O3. The molecule has 0 spiro atoms. The molecule has 0 fully saturated rings. The Balaban J connectivity index is 4.49. The van der Waals surface area contributed by atoms with Gasteiger partial charge in [0.15, 0.2) is 0 Å². The Kier molecular flexibility index (Phi) is 4.70. The van der Waals surface area contributed by atoms with E-state index < -0.39 is 11.6 Å². The van der Waals surface area contributed by atoms with E-state index in [1.807, 2.05) is 20.8 Å². The molecule has 0 aromatic carbocycles. The minimum absolute atomic E-state index is 0.327. The van der Waals surface area contributed by atoms with Crippen molar-refractivity contribution in [3.63, 3.8) is 0 Å². The lowest BCUT2D eigenvalue weighted by Gasteiger charge is -2.32. The van der Waals surface area contributed by atoms with Crippen LogP contribution in [0, 0.1) is 5.41 Å². The van der Waals surface area contributed by atoms with Gasteiger partial charge in [0.1, 0.15) is 0 Å². The lowest BCUT2D eigenvalue weighted by Crippen LogP contribution is -2.58. The minimum atomic E-state index is -1.01. The molecule has 5 N–H and O–H groups in total. The largest absolute Gasteiger partial charge is 0.394 e. The van der Waals surface area contributed by atoms with E-state index in [1.54, 1.807) is 6.92 Å². The van der Waals surface area contributed by atoms with Gasteiger partial charge in [-0.05, 0) is 12.3 Å². The number of rotatable bonds is 4. The summed E-state index contributed by atoms with van der Waals surface area (Å²) < 4.78 is 0. The first-order chi connectivity index (χ1) is 6.66. The molecule has 0 unspecified atom stereocenters. The summed E-state index contributed by atoms with van der Waals surface area (Å²) in [6.45, 7) is 6.46. The minimum Gasteiger partial charge on any atom is -0.394 e. The van der Waals surface area contributed by atoms with Crippen LogP contribution < -0.4 is 11.1 Å². The van der Waals surface area contributed by atoms with Gasteiger partial charge in [-0.25, -0.2) is 0 Å². The zero-order valence-electron chi connectivity index (χ0n) is 9.87. The predicted molar refractivity (Wildman–Crippen MR) is 58.1 cm³/mol. The predicted octanol–water partition coefficient (Wildman–Crippen LogP) is -0.781. The second kappa shape index (κ2) is 4.92. The van der Waals surface area contributed by atoms with Crippen molar-refractivity contribution in [3.8, 4) is 0 Å². The first-order valence-electron chi connectivity index (χ1n) is 4.95. The third kappa shape index (κ3) is 4.15. The van der Waals surface area contributed by atoms with Crippen molar-refractivity contribution in [2.24, 2.45) is 11.1 Å². The summed E-state index contributed by atoms with van der Waals surface area (Å²) in [6, 6.07) is -0.671. The molecule has 0 aromatic rings. The smallest absolute Gasteiger partial charge is 0.238 e. The summed E-state index contributed by atoms with van der Waals surface area (Å²) in [4.78, 5) is 11.7. The van der Waals surface area contributed by atoms with Gasteiger partial charge in [-0.15, -0.1) is 0 Å². The molecular weight excluding hydrogens is 196 g/mol. The van der Waals surface area contributed by atoms with Gasteiger partial charge in [-0.3, -0.25) is 4.79 Å². The molecule has 0 saturated carbocycles. The maximum absolute atomic E-state index is 11.7. The van der Waals surface area contributed by atoms with Crippen molar-refractivity contribution in [1.82, 2.24) is 5.32 Å². The molecule has 5 nitrogen and oxygen atoms in total. The number of nitrogens with one attached hydrogen (secondary N) is 1. The first kappa shape index (κ1) is 14.3. The third-order valence-corrected chi connectivity index (χ3v) is 2.34. The van der Waals surface area contributed by atoms with Crippen LogP contribution in [-0.4, -0.2) is 40.9 Å². The fraction of sp³-hybridized carbons (Fsp3) is 0.900. The third-order valence-electron chi connectivity index (χ3n) is 2.34. The monoisotopic (exact) mass is 218 g/mol. The van der Waals surface area contributed by atoms with E-state index in [-0.39, 0.29) is 24.5 Å². The molecule has 0 radical (unpaired) electrons. The topological polar surface area (TPSA) is 95.6 Å². The van der Waals surface area contributed by atoms with Crippen LogP contribution in [0.25, 0.3) is 0 Å². The van der Waals surface area contributed by atoms with Gasteiger partial charge < -0.3 is 21.3 Å². The van der Waals surface area contributed by atoms with Crippen LogP contribution >= 0.6 is 0 Å². The maximum Gasteiger partial charge on any atom is 0.238 e. The lowest BCUT2D eigenvalue weighted by molar-refractivity contribution is -0.127. The van der Waals surface area contributed by atoms with Crippen LogP contribution in [0.2, 0.25) is 0 Å². The van der Waals surface area contributed by atoms with Crippen LogP contribution in [0.3, 0.4) is 0 Å². The second-order valence-electron chi connectivity index (χ2n) is 5.21. The number of hydrogen-bond donors (Lipinski definition) is 4. The first-order valence-corrected chi connectivity index (χ1v) is 4.95. The summed E-state index contributed by atoms with van der Waals surface area (Å²) in [5, 5.41) is 20.5. The standard InChI is InChI=1S/C10H22N2O3/c1-9(2,3)7(11)8(15)12-10(4,5-13)6-14/h7,13-14H,5-6,11H2,1-4H3,(H,12,15)/t7-/m1/s1. The van der Waals surface area contributed by atoms with Crippen molar-refractivity contribution >= 4 is 5.91 Å². The number of nitrogens with two attached hydrogens (primary N) is 1. The maximum atomic E-state index is 11.7. The van der Waals surface area contributed by atoms with Crippen molar-refractivity contribution in [2.45, 2.75) is 39.3 Å². The molecule has 0 aromatic heterocycles. The summed E-state index contributed by atoms with van der Waals surface area (Å²) >= 11 is 0. The Morgan fingerprint density at radius 2 is 1.67 bits per heavy atom. The number of amides is 1. The fourth-order valence-electron chi connectivity index (χ4n) is 0.898. The van der Waals surface area contributed by atoms with Crippen molar-refractivity contribution in [1.29, 1.82) is 0 Å². The number of aliphatic hydroxyl groups excluding tert-OH is 2. The van der Waals surface area contributed by atoms with E-state index in [4.69, 9.17) is 15.9 Å². The van der Waals surface area contributed by atoms with Crippen LogP contribution in [0.4, 0.5) is 0 Å². The highest BCUT2D eigenvalue weighted by Crippen LogP contribution is 2.18. The number of hydrogen-bond acceptors (Lipinski definition) is 4. The van der Waals surface area contributed by atoms with Gasteiger partial charge >= 0.3 is 0 Å². The Bertz CT molecular complexity index is 219. The average Bonchev–Trinajstić information content (AvgIpc) is 2.15. The Labute approximate surface area is 90.7 Å². The van der Waals surface area contributed by atoms with Gasteiger partial charge in [0.25, 0.3) is 0 Å². The molecule has 5 heteroatoms. The van der Waals surface area contributed by atoms with Crippen LogP contribution in [0.5, 0.6) is 0 Å². The molecule has 15 heavy (non-hydrogen) atoms. The Morgan fingerprint density at radius 3 is 1.93 bits per heavy atom. The number of aliphatic hydroxyl groups is 2. The zero-order valence-corrected chi connectivity index (χ0v) is 9.87. The summed E-state index contributed by atoms with van der Waals surface area (Å²) in [5.74, 6) is -0.367. The summed E-state index contributed by atoms with van der Waals surface area (Å²) in [7, 11) is 0. The molecule has 0 aliphatic heterocycles. The molecule has 0 saturated heterocycles. The van der Waals surface area contributed by atoms with Gasteiger partial charge in [0.2, 0.25) is 5.91 Å². The highest BCUT2D eigenvalue weighted by Gasteiger charge is 2.32. The molecule has 1 atom stereocenters. The molecule has 0 aliphatic rings.